The number of aliphatic hydroxyl groups is 1. The van der Waals surface area contributed by atoms with Crippen LogP contribution in [0.1, 0.15) is 51.9 Å². The average Bonchev–Trinajstić information content (AvgIpc) is 2.64. The summed E-state index contributed by atoms with van der Waals surface area (Å²) in [6.45, 7) is 6.15. The first-order valence-corrected chi connectivity index (χ1v) is 7.28. The van der Waals surface area contributed by atoms with E-state index < -0.39 is 0 Å². The van der Waals surface area contributed by atoms with Crippen LogP contribution in [0.4, 0.5) is 0 Å². The molecular formula is C14H30N2O. The molecule has 1 rings (SSSR count). The third-order valence-electron chi connectivity index (χ3n) is 4.34. The highest BCUT2D eigenvalue weighted by Gasteiger charge is 2.24. The van der Waals surface area contributed by atoms with E-state index in [4.69, 9.17) is 0 Å². The number of aliphatic hydroxyl groups excluding tert-OH is 1. The Morgan fingerprint density at radius 3 is 2.29 bits per heavy atom. The fourth-order valence-corrected chi connectivity index (χ4v) is 2.75. The van der Waals surface area contributed by atoms with Gasteiger partial charge in [0.15, 0.2) is 0 Å². The number of likely N-dealkylation sites (tertiary alicyclic amines) is 1. The second-order valence-electron chi connectivity index (χ2n) is 5.40. The molecule has 0 radical (unpaired) electrons. The number of hydrogen-bond acceptors (Lipinski definition) is 3. The maximum atomic E-state index is 9.48. The molecule has 1 saturated heterocycles. The second-order valence-corrected chi connectivity index (χ2v) is 5.40. The van der Waals surface area contributed by atoms with Gasteiger partial charge in [0, 0.05) is 5.54 Å². The number of likely N-dealkylation sites (N-methyl/N-ethyl adjacent to an activating group) is 1. The highest BCUT2D eigenvalue weighted by Crippen LogP contribution is 2.17. The molecule has 3 nitrogen and oxygen atoms in total. The van der Waals surface area contributed by atoms with Crippen LogP contribution in [0, 0.1) is 0 Å². The van der Waals surface area contributed by atoms with Crippen molar-refractivity contribution in [3.63, 3.8) is 0 Å². The molecule has 1 fully saturated rings. The summed E-state index contributed by atoms with van der Waals surface area (Å²) in [7, 11) is 1.96. The van der Waals surface area contributed by atoms with Crippen LogP contribution >= 0.6 is 0 Å². The zero-order valence-electron chi connectivity index (χ0n) is 11.7. The van der Waals surface area contributed by atoms with Crippen molar-refractivity contribution in [1.29, 1.82) is 0 Å². The number of nitrogens with one attached hydrogen (secondary N) is 1. The second kappa shape index (κ2) is 8.06. The summed E-state index contributed by atoms with van der Waals surface area (Å²) in [4.78, 5) is 2.60. The lowest BCUT2D eigenvalue weighted by atomic mass is 9.91. The van der Waals surface area contributed by atoms with E-state index in [9.17, 15) is 5.11 Å². The van der Waals surface area contributed by atoms with Gasteiger partial charge in [-0.15, -0.1) is 0 Å². The van der Waals surface area contributed by atoms with E-state index in [1.165, 1.54) is 51.7 Å². The minimum absolute atomic E-state index is 0.0498. The molecule has 0 aromatic rings. The van der Waals surface area contributed by atoms with Gasteiger partial charge in [-0.3, -0.25) is 0 Å². The lowest BCUT2D eigenvalue weighted by molar-refractivity contribution is 0.146. The Morgan fingerprint density at radius 1 is 1.18 bits per heavy atom. The predicted octanol–water partition coefficient (Wildman–Crippen LogP) is 2.00. The van der Waals surface area contributed by atoms with Gasteiger partial charge in [0.25, 0.3) is 0 Å². The summed E-state index contributed by atoms with van der Waals surface area (Å²) >= 11 is 0. The molecule has 0 aromatic heterocycles. The number of rotatable bonds is 7. The van der Waals surface area contributed by atoms with Crippen molar-refractivity contribution in [2.75, 3.05) is 33.3 Å². The number of hydrogen-bond donors (Lipinski definition) is 2. The van der Waals surface area contributed by atoms with Gasteiger partial charge in [-0.1, -0.05) is 19.8 Å². The molecule has 1 aliphatic rings. The van der Waals surface area contributed by atoms with Crippen LogP contribution in [-0.2, 0) is 0 Å². The molecule has 1 aliphatic heterocycles. The molecule has 2 N–H and O–H groups in total. The monoisotopic (exact) mass is 242 g/mol. The molecule has 17 heavy (non-hydrogen) atoms. The van der Waals surface area contributed by atoms with Crippen molar-refractivity contribution in [3.05, 3.63) is 0 Å². The summed E-state index contributed by atoms with van der Waals surface area (Å²) in [5, 5.41) is 12.8. The van der Waals surface area contributed by atoms with E-state index in [2.05, 4.69) is 17.1 Å². The largest absolute Gasteiger partial charge is 0.394 e. The molecule has 0 aliphatic carbocycles. The first-order chi connectivity index (χ1) is 8.26. The van der Waals surface area contributed by atoms with E-state index >= 15 is 0 Å². The van der Waals surface area contributed by atoms with Crippen molar-refractivity contribution in [3.8, 4) is 0 Å². The van der Waals surface area contributed by atoms with Gasteiger partial charge in [0.05, 0.1) is 6.61 Å². The van der Waals surface area contributed by atoms with Gasteiger partial charge in [0.2, 0.25) is 0 Å². The van der Waals surface area contributed by atoms with E-state index in [0.29, 0.717) is 0 Å². The van der Waals surface area contributed by atoms with Crippen LogP contribution in [-0.4, -0.2) is 48.8 Å². The molecular weight excluding hydrogens is 212 g/mol. The third kappa shape index (κ3) is 4.94. The summed E-state index contributed by atoms with van der Waals surface area (Å²) in [6.07, 6.45) is 8.81. The van der Waals surface area contributed by atoms with Gasteiger partial charge < -0.3 is 15.3 Å². The first kappa shape index (κ1) is 14.9. The Bertz CT molecular complexity index is 176. The maximum absolute atomic E-state index is 9.48. The minimum Gasteiger partial charge on any atom is -0.394 e. The summed E-state index contributed by atoms with van der Waals surface area (Å²) in [6, 6.07) is 0. The van der Waals surface area contributed by atoms with Crippen molar-refractivity contribution < 1.29 is 5.11 Å². The van der Waals surface area contributed by atoms with Crippen molar-refractivity contribution in [1.82, 2.24) is 10.2 Å². The van der Waals surface area contributed by atoms with Crippen LogP contribution in [0.15, 0.2) is 0 Å². The van der Waals surface area contributed by atoms with Crippen LogP contribution < -0.4 is 5.32 Å². The lowest BCUT2D eigenvalue weighted by Gasteiger charge is -2.31. The maximum Gasteiger partial charge on any atom is 0.0613 e. The minimum atomic E-state index is -0.0498. The molecule has 0 spiro atoms. The zero-order chi connectivity index (χ0) is 12.6. The summed E-state index contributed by atoms with van der Waals surface area (Å²) in [5.41, 5.74) is -0.0498. The first-order valence-electron chi connectivity index (χ1n) is 7.28. The normalized spacial score (nSPS) is 22.1. The van der Waals surface area contributed by atoms with Crippen LogP contribution in [0.2, 0.25) is 0 Å². The summed E-state index contributed by atoms with van der Waals surface area (Å²) < 4.78 is 0. The Labute approximate surface area is 107 Å². The zero-order valence-corrected chi connectivity index (χ0v) is 11.7. The van der Waals surface area contributed by atoms with Crippen molar-refractivity contribution >= 4 is 0 Å². The van der Waals surface area contributed by atoms with Crippen LogP contribution in [0.5, 0.6) is 0 Å². The molecule has 1 atom stereocenters. The predicted molar refractivity (Wildman–Crippen MR) is 73.3 cm³/mol. The summed E-state index contributed by atoms with van der Waals surface area (Å²) in [5.74, 6) is 0. The SMILES string of the molecule is CCC(CO)(CCCN1CCCCCC1)NC. The number of nitrogens with zero attached hydrogens (tertiary/aromatic N) is 1. The van der Waals surface area contributed by atoms with Crippen LogP contribution in [0.25, 0.3) is 0 Å². The van der Waals surface area contributed by atoms with Gasteiger partial charge in [-0.05, 0) is 58.8 Å². The molecule has 0 aromatic carbocycles. The highest BCUT2D eigenvalue weighted by atomic mass is 16.3. The van der Waals surface area contributed by atoms with Gasteiger partial charge >= 0.3 is 0 Å². The topological polar surface area (TPSA) is 35.5 Å². The fourth-order valence-electron chi connectivity index (χ4n) is 2.75. The Kier molecular flexibility index (Phi) is 7.09. The lowest BCUT2D eigenvalue weighted by Crippen LogP contribution is -2.46. The smallest absolute Gasteiger partial charge is 0.0613 e. The van der Waals surface area contributed by atoms with Gasteiger partial charge in [-0.2, -0.15) is 0 Å². The van der Waals surface area contributed by atoms with Gasteiger partial charge in [0.1, 0.15) is 0 Å². The van der Waals surface area contributed by atoms with Crippen molar-refractivity contribution in [2.24, 2.45) is 0 Å². The van der Waals surface area contributed by atoms with Gasteiger partial charge in [-0.25, -0.2) is 0 Å². The standard InChI is InChI=1S/C14H30N2O/c1-3-14(13-17,15-2)9-8-12-16-10-6-4-5-7-11-16/h15,17H,3-13H2,1-2H3. The quantitative estimate of drug-likeness (QED) is 0.717. The van der Waals surface area contributed by atoms with E-state index in [0.717, 1.165) is 12.8 Å². The Morgan fingerprint density at radius 2 is 1.82 bits per heavy atom. The molecule has 0 amide bonds. The Balaban J connectivity index is 2.25. The Hall–Kier alpha value is -0.120. The highest BCUT2D eigenvalue weighted by molar-refractivity contribution is 4.84. The molecule has 102 valence electrons. The molecule has 3 heteroatoms. The molecule has 0 bridgehead atoms. The van der Waals surface area contributed by atoms with Crippen molar-refractivity contribution in [2.45, 2.75) is 57.4 Å². The van der Waals surface area contributed by atoms with E-state index in [1.54, 1.807) is 0 Å². The molecule has 0 saturated carbocycles. The molecule has 1 heterocycles. The van der Waals surface area contributed by atoms with E-state index in [1.807, 2.05) is 7.05 Å². The third-order valence-corrected chi connectivity index (χ3v) is 4.34. The van der Waals surface area contributed by atoms with E-state index in [-0.39, 0.29) is 12.1 Å². The average molecular weight is 242 g/mol. The fraction of sp³-hybridized carbons (Fsp3) is 1.00. The molecule has 1 unspecified atom stereocenters. The van der Waals surface area contributed by atoms with Crippen LogP contribution in [0.3, 0.4) is 0 Å².